The zero-order valence-electron chi connectivity index (χ0n) is 29.8. The molecule has 0 saturated heterocycles. The Morgan fingerprint density at radius 1 is 0.959 bits per heavy atom. The third kappa shape index (κ3) is 17.4. The maximum Gasteiger partial charge on any atom is 0.510 e. The van der Waals surface area contributed by atoms with E-state index < -0.39 is 26.6 Å². The number of fused-ring (bicyclic) bond motifs is 1. The fraction of sp³-hybridized carbons (Fsp3) is 0.824. The first-order valence-corrected chi connectivity index (χ1v) is 22.6. The van der Waals surface area contributed by atoms with Crippen molar-refractivity contribution in [2.24, 2.45) is 0 Å². The van der Waals surface area contributed by atoms with E-state index in [1.165, 1.54) is 89.8 Å². The summed E-state index contributed by atoms with van der Waals surface area (Å²) in [7, 11) is -4.08. The van der Waals surface area contributed by atoms with Crippen molar-refractivity contribution in [3.05, 3.63) is 12.7 Å². The molecule has 15 heteroatoms. The quantitative estimate of drug-likeness (QED) is 0.0384. The topological polar surface area (TPSA) is 150 Å². The summed E-state index contributed by atoms with van der Waals surface area (Å²) in [5, 5.41) is 0. The second-order valence-corrected chi connectivity index (χ2v) is 18.1. The highest BCUT2D eigenvalue weighted by Crippen LogP contribution is 2.48. The van der Waals surface area contributed by atoms with Crippen LogP contribution in [0.1, 0.15) is 129 Å². The number of imidazole rings is 1. The summed E-state index contributed by atoms with van der Waals surface area (Å²) in [4.78, 5) is 24.6. The molecule has 1 fully saturated rings. The number of aromatic nitrogens is 4. The Labute approximate surface area is 300 Å². The standard InChI is InChI=1S/C34H60N5O7PS2/c1-3-4-5-6-7-8-9-10-11-12-13-14-15-18-22-49(48)23-21-44-47(41,45-27-42-34(40)46-30-19-16-17-20-30)28-43-29(2)24-39-26-38-31-32(35)36-25-37-33(31)39/h25-26,29-30H,3-24,27-28H2,1-2H3,(H2,35,36,37)/t29-,47-,49?/m1/s1. The Morgan fingerprint density at radius 3 is 2.24 bits per heavy atom. The van der Waals surface area contributed by atoms with Gasteiger partial charge < -0.3 is 29.0 Å². The van der Waals surface area contributed by atoms with Crippen LogP contribution < -0.4 is 5.73 Å². The molecule has 12 nitrogen and oxygen atoms in total. The van der Waals surface area contributed by atoms with Crippen LogP contribution in [0.5, 0.6) is 0 Å². The summed E-state index contributed by atoms with van der Waals surface area (Å²) >= 11 is 5.70. The fourth-order valence-corrected chi connectivity index (χ4v) is 8.78. The number of carbonyl (C=O) groups excluding carboxylic acids is 1. The molecule has 280 valence electrons. The van der Waals surface area contributed by atoms with E-state index in [9.17, 15) is 9.36 Å². The molecular weight excluding hydrogens is 686 g/mol. The van der Waals surface area contributed by atoms with Crippen molar-refractivity contribution in [3.8, 4) is 0 Å². The summed E-state index contributed by atoms with van der Waals surface area (Å²) in [6.07, 6.45) is 23.4. The Balaban J connectivity index is 1.33. The van der Waals surface area contributed by atoms with Crippen molar-refractivity contribution in [1.82, 2.24) is 19.5 Å². The van der Waals surface area contributed by atoms with Gasteiger partial charge in [-0.15, -0.1) is 9.45 Å². The molecule has 1 aliphatic rings. The van der Waals surface area contributed by atoms with Crippen LogP contribution in [0.4, 0.5) is 10.6 Å². The molecular formula is C34H60N5O7PS2. The number of nitrogen functional groups attached to an aromatic ring is 1. The van der Waals surface area contributed by atoms with E-state index in [-0.39, 0.29) is 28.5 Å². The van der Waals surface area contributed by atoms with Gasteiger partial charge in [0.05, 0.1) is 25.6 Å². The van der Waals surface area contributed by atoms with Crippen LogP contribution in [0.2, 0.25) is 0 Å². The van der Waals surface area contributed by atoms with Gasteiger partial charge in [-0.05, 0) is 44.8 Å². The Kier molecular flexibility index (Phi) is 20.8. The van der Waals surface area contributed by atoms with Gasteiger partial charge in [0.2, 0.25) is 6.79 Å². The number of nitrogens with two attached hydrogens (primary N) is 1. The first-order chi connectivity index (χ1) is 23.8. The summed E-state index contributed by atoms with van der Waals surface area (Å²) < 4.78 is 43.0. The normalized spacial score (nSPS) is 16.1. The number of hydrogen-bond acceptors (Lipinski definition) is 12. The second kappa shape index (κ2) is 24.5. The highest BCUT2D eigenvalue weighted by molar-refractivity contribution is 8.28. The Bertz CT molecular complexity index is 1280. The molecule has 0 radical (unpaired) electrons. The predicted octanol–water partition coefficient (Wildman–Crippen LogP) is 8.61. The van der Waals surface area contributed by atoms with E-state index in [1.54, 1.807) is 10.9 Å². The van der Waals surface area contributed by atoms with Gasteiger partial charge in [-0.25, -0.2) is 19.7 Å². The zero-order chi connectivity index (χ0) is 35.2. The smallest absolute Gasteiger partial charge is 0.431 e. The predicted molar refractivity (Wildman–Crippen MR) is 199 cm³/mol. The number of carbonyl (C=O) groups is 1. The number of hydrogen-bond donors (Lipinski definition) is 1. The minimum absolute atomic E-state index is 0.149. The van der Waals surface area contributed by atoms with Gasteiger partial charge >= 0.3 is 13.8 Å². The van der Waals surface area contributed by atoms with E-state index in [1.807, 2.05) is 6.92 Å². The summed E-state index contributed by atoms with van der Waals surface area (Å²) in [6, 6.07) is 0. The van der Waals surface area contributed by atoms with Gasteiger partial charge in [0, 0.05) is 5.75 Å². The van der Waals surface area contributed by atoms with Gasteiger partial charge in [-0.2, -0.15) is 0 Å². The summed E-state index contributed by atoms with van der Waals surface area (Å²) in [6.45, 7) is 4.05. The lowest BCUT2D eigenvalue weighted by Crippen LogP contribution is -2.20. The van der Waals surface area contributed by atoms with Crippen LogP contribution in [0.25, 0.3) is 11.2 Å². The van der Waals surface area contributed by atoms with Crippen LogP contribution in [-0.4, -0.2) is 69.1 Å². The minimum atomic E-state index is -3.80. The molecule has 0 amide bonds. The van der Waals surface area contributed by atoms with Crippen LogP contribution in [0, 0.1) is 0 Å². The van der Waals surface area contributed by atoms with E-state index >= 15 is 0 Å². The summed E-state index contributed by atoms with van der Waals surface area (Å²) in [5.74, 6) is 1.82. The summed E-state index contributed by atoms with van der Waals surface area (Å²) in [5.41, 5.74) is 6.97. The first kappa shape index (κ1) is 41.7. The number of unbranched alkanes of at least 4 members (excludes halogenated alkanes) is 13. The average Bonchev–Trinajstić information content (AvgIpc) is 3.75. The van der Waals surface area contributed by atoms with Crippen molar-refractivity contribution < 1.29 is 32.6 Å². The van der Waals surface area contributed by atoms with Crippen molar-refractivity contribution in [1.29, 1.82) is 0 Å². The van der Waals surface area contributed by atoms with Gasteiger partial charge in [-0.1, -0.05) is 102 Å². The lowest BCUT2D eigenvalue weighted by atomic mass is 10.0. The third-order valence-corrected chi connectivity index (χ3v) is 12.6. The number of rotatable bonds is 28. The average molecular weight is 746 g/mol. The molecule has 2 aromatic heterocycles. The molecule has 2 aromatic rings. The lowest BCUT2D eigenvalue weighted by Gasteiger charge is -2.21. The van der Waals surface area contributed by atoms with Crippen molar-refractivity contribution in [3.63, 3.8) is 0 Å². The van der Waals surface area contributed by atoms with Crippen LogP contribution in [0.3, 0.4) is 0 Å². The number of anilines is 1. The Morgan fingerprint density at radius 2 is 1.59 bits per heavy atom. The number of nitrogens with zero attached hydrogens (tertiary/aromatic N) is 4. The largest absolute Gasteiger partial charge is 0.510 e. The first-order valence-electron chi connectivity index (χ1n) is 18.4. The fourth-order valence-electron chi connectivity index (χ4n) is 5.85. The lowest BCUT2D eigenvalue weighted by molar-refractivity contribution is -0.0222. The third-order valence-electron chi connectivity index (χ3n) is 8.72. The highest BCUT2D eigenvalue weighted by atomic mass is 32.8. The van der Waals surface area contributed by atoms with Gasteiger partial charge in [0.25, 0.3) is 0 Å². The van der Waals surface area contributed by atoms with E-state index in [4.69, 9.17) is 40.2 Å². The van der Waals surface area contributed by atoms with Gasteiger partial charge in [0.1, 0.15) is 24.3 Å². The SMILES string of the molecule is CCCCCCCCCCCCCCCCS(=S)CCO[P@](=O)(CO[C@H](C)Cn1cnc2c(N)ncnc21)OCOC(=O)OC1CCCC1. The molecule has 1 saturated carbocycles. The monoisotopic (exact) mass is 745 g/mol. The van der Waals surface area contributed by atoms with Gasteiger partial charge in [-0.3, -0.25) is 9.09 Å². The van der Waals surface area contributed by atoms with Crippen molar-refractivity contribution in [2.75, 3.05) is 37.0 Å². The van der Waals surface area contributed by atoms with Crippen LogP contribution >= 0.6 is 7.60 Å². The maximum atomic E-state index is 13.7. The molecule has 49 heavy (non-hydrogen) atoms. The van der Waals surface area contributed by atoms with E-state index in [0.717, 1.165) is 37.9 Å². The molecule has 2 N–H and O–H groups in total. The van der Waals surface area contributed by atoms with Crippen molar-refractivity contribution in [2.45, 2.75) is 148 Å². The highest BCUT2D eigenvalue weighted by Gasteiger charge is 2.28. The van der Waals surface area contributed by atoms with Crippen LogP contribution in [-0.2, 0) is 55.0 Å². The molecule has 0 bridgehead atoms. The molecule has 0 spiro atoms. The molecule has 2 heterocycles. The number of ether oxygens (including phenoxy) is 3. The molecule has 1 unspecified atom stereocenters. The molecule has 3 rings (SSSR count). The van der Waals surface area contributed by atoms with Gasteiger partial charge in [0.15, 0.2) is 11.5 Å². The zero-order valence-corrected chi connectivity index (χ0v) is 32.3. The molecule has 1 aliphatic carbocycles. The van der Waals surface area contributed by atoms with Crippen molar-refractivity contribution >= 4 is 51.4 Å². The minimum Gasteiger partial charge on any atom is -0.431 e. The Hall–Kier alpha value is -1.70. The van der Waals surface area contributed by atoms with Crippen LogP contribution in [0.15, 0.2) is 12.7 Å². The van der Waals surface area contributed by atoms with E-state index in [2.05, 4.69) is 21.9 Å². The maximum absolute atomic E-state index is 13.7. The van der Waals surface area contributed by atoms with E-state index in [0.29, 0.717) is 29.3 Å². The molecule has 0 aromatic carbocycles. The molecule has 0 aliphatic heterocycles. The second-order valence-electron chi connectivity index (χ2n) is 13.0. The molecule has 3 atom stereocenters.